The summed E-state index contributed by atoms with van der Waals surface area (Å²) in [5.74, 6) is 0.974. The van der Waals surface area contributed by atoms with Crippen LogP contribution in [0, 0.1) is 12.1 Å². The number of ether oxygens (including phenoxy) is 1. The van der Waals surface area contributed by atoms with Crippen LogP contribution in [0.15, 0.2) is 72.8 Å². The number of hydrogen-bond donors (Lipinski definition) is 0. The molecule has 0 bridgehead atoms. The van der Waals surface area contributed by atoms with E-state index in [4.69, 9.17) is 4.74 Å². The highest BCUT2D eigenvalue weighted by Crippen LogP contribution is 2.28. The van der Waals surface area contributed by atoms with Gasteiger partial charge in [-0.3, -0.25) is 0 Å². The molecule has 0 aliphatic heterocycles. The molecule has 0 N–H and O–H groups in total. The van der Waals surface area contributed by atoms with Gasteiger partial charge >= 0.3 is 0 Å². The van der Waals surface area contributed by atoms with Gasteiger partial charge in [-0.2, -0.15) is 0 Å². The number of fused-ring (bicyclic) bond motifs is 1. The molecule has 3 aromatic carbocycles. The van der Waals surface area contributed by atoms with Gasteiger partial charge in [-0.25, -0.2) is 14.4 Å². The van der Waals surface area contributed by atoms with E-state index in [-0.39, 0.29) is 5.82 Å². The Morgan fingerprint density at radius 3 is 2.17 bits per heavy atom. The molecule has 1 radical (unpaired) electrons. The molecule has 1 aromatic heterocycles. The summed E-state index contributed by atoms with van der Waals surface area (Å²) >= 11 is 0. The molecule has 0 aliphatic carbocycles. The minimum Gasteiger partial charge on any atom is -0.457 e. The highest BCUT2D eigenvalue weighted by Gasteiger charge is 2.06. The molecule has 0 spiro atoms. The van der Waals surface area contributed by atoms with Gasteiger partial charge in [0.1, 0.15) is 17.3 Å². The van der Waals surface area contributed by atoms with Crippen LogP contribution in [0.3, 0.4) is 0 Å². The molecule has 24 heavy (non-hydrogen) atoms. The SMILES string of the molecule is Fc1ccc(Oc2ccc(-c3n[c]nc4ccccc34)cc2)cc1. The van der Waals surface area contributed by atoms with Gasteiger partial charge in [0.2, 0.25) is 0 Å². The minimum atomic E-state index is -0.287. The van der Waals surface area contributed by atoms with Crippen molar-refractivity contribution in [2.24, 2.45) is 0 Å². The van der Waals surface area contributed by atoms with Crippen LogP contribution >= 0.6 is 0 Å². The molecule has 0 aliphatic rings. The fourth-order valence-corrected chi connectivity index (χ4v) is 2.50. The van der Waals surface area contributed by atoms with Crippen LogP contribution in [0.4, 0.5) is 4.39 Å². The molecule has 4 aromatic rings. The van der Waals surface area contributed by atoms with Crippen LogP contribution in [0.5, 0.6) is 11.5 Å². The zero-order chi connectivity index (χ0) is 16.4. The zero-order valence-electron chi connectivity index (χ0n) is 12.6. The van der Waals surface area contributed by atoms with E-state index < -0.39 is 0 Å². The van der Waals surface area contributed by atoms with Gasteiger partial charge in [0.05, 0.1) is 11.2 Å². The van der Waals surface area contributed by atoms with E-state index in [0.717, 1.165) is 22.2 Å². The Kier molecular flexibility index (Phi) is 3.63. The maximum Gasteiger partial charge on any atom is 0.198 e. The van der Waals surface area contributed by atoms with Crippen LogP contribution in [0.1, 0.15) is 0 Å². The van der Waals surface area contributed by atoms with Crippen LogP contribution < -0.4 is 4.74 Å². The molecule has 3 nitrogen and oxygen atoms in total. The van der Waals surface area contributed by atoms with Crippen molar-refractivity contribution < 1.29 is 9.13 Å². The fourth-order valence-electron chi connectivity index (χ4n) is 2.50. The predicted octanol–water partition coefficient (Wildman–Crippen LogP) is 5.03. The summed E-state index contributed by atoms with van der Waals surface area (Å²) in [4.78, 5) is 8.44. The van der Waals surface area contributed by atoms with E-state index in [0.29, 0.717) is 11.5 Å². The summed E-state index contributed by atoms with van der Waals surface area (Å²) < 4.78 is 18.6. The number of rotatable bonds is 3. The third-order valence-corrected chi connectivity index (χ3v) is 3.67. The number of benzene rings is 3. The molecule has 0 amide bonds. The van der Waals surface area contributed by atoms with Crippen molar-refractivity contribution in [2.75, 3.05) is 0 Å². The second-order valence-electron chi connectivity index (χ2n) is 5.27. The Balaban J connectivity index is 1.64. The zero-order valence-corrected chi connectivity index (χ0v) is 12.6. The van der Waals surface area contributed by atoms with Gasteiger partial charge in [-0.1, -0.05) is 18.2 Å². The van der Waals surface area contributed by atoms with Crippen molar-refractivity contribution in [3.8, 4) is 22.8 Å². The molecule has 0 saturated heterocycles. The molecule has 1 heterocycles. The van der Waals surface area contributed by atoms with Crippen LogP contribution in [0.2, 0.25) is 0 Å². The first-order valence-electron chi connectivity index (χ1n) is 7.46. The van der Waals surface area contributed by atoms with E-state index in [2.05, 4.69) is 16.3 Å². The van der Waals surface area contributed by atoms with Crippen LogP contribution in [-0.2, 0) is 0 Å². The Labute approximate surface area is 138 Å². The lowest BCUT2D eigenvalue weighted by molar-refractivity contribution is 0.480. The lowest BCUT2D eigenvalue weighted by atomic mass is 10.1. The average molecular weight is 315 g/mol. The highest BCUT2D eigenvalue weighted by molar-refractivity contribution is 5.91. The summed E-state index contributed by atoms with van der Waals surface area (Å²) in [5.41, 5.74) is 2.64. The summed E-state index contributed by atoms with van der Waals surface area (Å²) in [7, 11) is 0. The molecule has 0 fully saturated rings. The van der Waals surface area contributed by atoms with Gasteiger partial charge < -0.3 is 4.74 Å². The van der Waals surface area contributed by atoms with E-state index in [1.54, 1.807) is 12.1 Å². The Bertz CT molecular complexity index is 977. The number of halogens is 1. The maximum atomic E-state index is 12.9. The standard InChI is InChI=1S/C20H12FN2O/c21-15-7-11-17(12-8-15)24-16-9-5-14(6-10-16)20-18-3-1-2-4-19(18)22-13-23-20/h1-12H. The fraction of sp³-hybridized carbons (Fsp3) is 0. The Hall–Kier alpha value is -3.27. The van der Waals surface area contributed by atoms with Gasteiger partial charge in [0.15, 0.2) is 6.33 Å². The van der Waals surface area contributed by atoms with Crippen molar-refractivity contribution in [3.63, 3.8) is 0 Å². The van der Waals surface area contributed by atoms with E-state index in [1.807, 2.05) is 48.5 Å². The van der Waals surface area contributed by atoms with Crippen molar-refractivity contribution in [1.29, 1.82) is 0 Å². The Morgan fingerprint density at radius 1 is 0.750 bits per heavy atom. The normalized spacial score (nSPS) is 10.7. The molecule has 115 valence electrons. The number of nitrogens with zero attached hydrogens (tertiary/aromatic N) is 2. The number of aromatic nitrogens is 2. The van der Waals surface area contributed by atoms with E-state index in [9.17, 15) is 4.39 Å². The summed E-state index contributed by atoms with van der Waals surface area (Å²) in [6.45, 7) is 0. The molecular weight excluding hydrogens is 303 g/mol. The van der Waals surface area contributed by atoms with Crippen LogP contribution in [0.25, 0.3) is 22.2 Å². The molecule has 0 unspecified atom stereocenters. The monoisotopic (exact) mass is 315 g/mol. The molecular formula is C20H12FN2O. The summed E-state index contributed by atoms with van der Waals surface area (Å²) in [6.07, 6.45) is 2.70. The van der Waals surface area contributed by atoms with E-state index >= 15 is 0 Å². The van der Waals surface area contributed by atoms with Crippen molar-refractivity contribution in [1.82, 2.24) is 9.97 Å². The first-order valence-corrected chi connectivity index (χ1v) is 7.46. The molecule has 0 atom stereocenters. The largest absolute Gasteiger partial charge is 0.457 e. The predicted molar refractivity (Wildman–Crippen MR) is 90.3 cm³/mol. The third-order valence-electron chi connectivity index (χ3n) is 3.67. The lowest BCUT2D eigenvalue weighted by Gasteiger charge is -2.08. The maximum absolute atomic E-state index is 12.9. The molecule has 4 rings (SSSR count). The van der Waals surface area contributed by atoms with Gasteiger partial charge in [-0.05, 0) is 54.6 Å². The third kappa shape index (κ3) is 2.82. The topological polar surface area (TPSA) is 35.0 Å². The average Bonchev–Trinajstić information content (AvgIpc) is 2.64. The second-order valence-corrected chi connectivity index (χ2v) is 5.27. The lowest BCUT2D eigenvalue weighted by Crippen LogP contribution is -1.90. The van der Waals surface area contributed by atoms with Crippen LogP contribution in [-0.4, -0.2) is 9.97 Å². The second kappa shape index (κ2) is 6.08. The van der Waals surface area contributed by atoms with Gasteiger partial charge in [0, 0.05) is 10.9 Å². The number of hydrogen-bond acceptors (Lipinski definition) is 3. The summed E-state index contributed by atoms with van der Waals surface area (Å²) in [5, 5.41) is 0.975. The minimum absolute atomic E-state index is 0.287. The highest BCUT2D eigenvalue weighted by atomic mass is 19.1. The smallest absolute Gasteiger partial charge is 0.198 e. The van der Waals surface area contributed by atoms with Crippen molar-refractivity contribution >= 4 is 10.9 Å². The number of para-hydroxylation sites is 1. The van der Waals surface area contributed by atoms with Gasteiger partial charge in [-0.15, -0.1) is 0 Å². The first-order chi connectivity index (χ1) is 11.8. The first kappa shape index (κ1) is 14.3. The Morgan fingerprint density at radius 2 is 1.42 bits per heavy atom. The summed E-state index contributed by atoms with van der Waals surface area (Å²) in [6, 6.07) is 21.3. The van der Waals surface area contributed by atoms with Gasteiger partial charge in [0.25, 0.3) is 0 Å². The quantitative estimate of drug-likeness (QED) is 0.532. The van der Waals surface area contributed by atoms with Crippen molar-refractivity contribution in [2.45, 2.75) is 0 Å². The molecule has 0 saturated carbocycles. The van der Waals surface area contributed by atoms with Crippen molar-refractivity contribution in [3.05, 3.63) is 84.9 Å². The molecule has 4 heteroatoms. The van der Waals surface area contributed by atoms with E-state index in [1.165, 1.54) is 12.1 Å².